The number of halogens is 1. The minimum atomic E-state index is 0. The Kier molecular flexibility index (Phi) is 13.7. The normalized spacial score (nSPS) is 11.1. The van der Waals surface area contributed by atoms with Crippen LogP contribution in [0.3, 0.4) is 0 Å². The van der Waals surface area contributed by atoms with Crippen molar-refractivity contribution in [2.24, 2.45) is 10.9 Å². The van der Waals surface area contributed by atoms with Crippen molar-refractivity contribution in [2.75, 3.05) is 33.9 Å². The lowest BCUT2D eigenvalue weighted by Crippen LogP contribution is -2.37. The molecule has 5 nitrogen and oxygen atoms in total. The van der Waals surface area contributed by atoms with Crippen LogP contribution >= 0.6 is 24.0 Å². The molecule has 0 aromatic heterocycles. The van der Waals surface area contributed by atoms with Crippen LogP contribution in [0.4, 0.5) is 0 Å². The van der Waals surface area contributed by atoms with E-state index >= 15 is 0 Å². The van der Waals surface area contributed by atoms with Gasteiger partial charge < -0.3 is 20.1 Å². The summed E-state index contributed by atoms with van der Waals surface area (Å²) in [6, 6.07) is 8.13. The van der Waals surface area contributed by atoms with Gasteiger partial charge in [-0.15, -0.1) is 24.0 Å². The van der Waals surface area contributed by atoms with Crippen LogP contribution in [0.2, 0.25) is 0 Å². The Morgan fingerprint density at radius 1 is 1.21 bits per heavy atom. The van der Waals surface area contributed by atoms with Gasteiger partial charge in [-0.1, -0.05) is 26.0 Å². The van der Waals surface area contributed by atoms with Crippen molar-refractivity contribution >= 4 is 29.9 Å². The number of rotatable bonds is 10. The number of methoxy groups -OCH3 is 1. The van der Waals surface area contributed by atoms with E-state index in [9.17, 15) is 0 Å². The first-order valence-corrected chi connectivity index (χ1v) is 8.31. The predicted molar refractivity (Wildman–Crippen MR) is 112 cm³/mol. The fourth-order valence-electron chi connectivity index (χ4n) is 2.02. The van der Waals surface area contributed by atoms with Gasteiger partial charge in [-0.3, -0.25) is 4.99 Å². The molecule has 6 heteroatoms. The van der Waals surface area contributed by atoms with Crippen LogP contribution in [0.25, 0.3) is 0 Å². The summed E-state index contributed by atoms with van der Waals surface area (Å²) < 4.78 is 10.7. The van der Waals surface area contributed by atoms with Crippen LogP contribution in [-0.2, 0) is 11.3 Å². The third-order valence-electron chi connectivity index (χ3n) is 3.36. The average Bonchev–Trinajstić information content (AvgIpc) is 2.55. The summed E-state index contributed by atoms with van der Waals surface area (Å²) in [5, 5.41) is 6.65. The highest BCUT2D eigenvalue weighted by atomic mass is 127. The Bertz CT molecular complexity index is 467. The van der Waals surface area contributed by atoms with E-state index in [-0.39, 0.29) is 24.0 Å². The first-order valence-electron chi connectivity index (χ1n) is 8.31. The molecule has 0 aliphatic heterocycles. The first-order chi connectivity index (χ1) is 11.2. The molecule has 0 saturated heterocycles. The third-order valence-corrected chi connectivity index (χ3v) is 3.36. The Morgan fingerprint density at radius 3 is 2.67 bits per heavy atom. The highest BCUT2D eigenvalue weighted by Gasteiger charge is 2.01. The van der Waals surface area contributed by atoms with Gasteiger partial charge in [0.2, 0.25) is 0 Å². The number of nitrogens with zero attached hydrogens (tertiary/aromatic N) is 1. The Balaban J connectivity index is 0.00000529. The van der Waals surface area contributed by atoms with E-state index in [0.29, 0.717) is 12.5 Å². The molecule has 24 heavy (non-hydrogen) atoms. The molecular formula is C18H32IN3O2. The molecule has 0 bridgehead atoms. The zero-order valence-electron chi connectivity index (χ0n) is 15.3. The molecule has 0 atom stereocenters. The van der Waals surface area contributed by atoms with Crippen molar-refractivity contribution in [1.29, 1.82) is 0 Å². The lowest BCUT2D eigenvalue weighted by molar-refractivity contribution is 0.172. The summed E-state index contributed by atoms with van der Waals surface area (Å²) in [4.78, 5) is 4.24. The minimum absolute atomic E-state index is 0. The second kappa shape index (κ2) is 14.3. The zero-order chi connectivity index (χ0) is 16.9. The zero-order valence-corrected chi connectivity index (χ0v) is 17.6. The molecule has 0 fully saturated rings. The molecule has 0 radical (unpaired) electrons. The SMILES string of the molecule is CN=C(NCCC(C)C)NCc1cccc(OCCCOC)c1.I. The third kappa shape index (κ3) is 10.7. The van der Waals surface area contributed by atoms with Gasteiger partial charge in [0.1, 0.15) is 5.75 Å². The molecule has 1 aromatic rings. The van der Waals surface area contributed by atoms with Crippen molar-refractivity contribution in [1.82, 2.24) is 10.6 Å². The van der Waals surface area contributed by atoms with E-state index in [0.717, 1.165) is 44.2 Å². The van der Waals surface area contributed by atoms with Crippen molar-refractivity contribution in [3.8, 4) is 5.75 Å². The minimum Gasteiger partial charge on any atom is -0.493 e. The van der Waals surface area contributed by atoms with Gasteiger partial charge >= 0.3 is 0 Å². The van der Waals surface area contributed by atoms with Gasteiger partial charge in [0, 0.05) is 40.3 Å². The summed E-state index contributed by atoms with van der Waals surface area (Å²) in [5.41, 5.74) is 1.17. The van der Waals surface area contributed by atoms with Crippen LogP contribution in [0.5, 0.6) is 5.75 Å². The Labute approximate surface area is 163 Å². The van der Waals surface area contributed by atoms with Crippen LogP contribution in [0.15, 0.2) is 29.3 Å². The summed E-state index contributed by atoms with van der Waals surface area (Å²) in [6.07, 6.45) is 2.02. The van der Waals surface area contributed by atoms with Crippen LogP contribution in [0, 0.1) is 5.92 Å². The van der Waals surface area contributed by atoms with E-state index in [1.165, 1.54) is 5.56 Å². The van der Waals surface area contributed by atoms with Gasteiger partial charge in [0.25, 0.3) is 0 Å². The number of ether oxygens (including phenoxy) is 2. The van der Waals surface area contributed by atoms with Crippen molar-refractivity contribution in [2.45, 2.75) is 33.2 Å². The number of hydrogen-bond acceptors (Lipinski definition) is 3. The van der Waals surface area contributed by atoms with Gasteiger partial charge in [0.15, 0.2) is 5.96 Å². The summed E-state index contributed by atoms with van der Waals surface area (Å²) in [7, 11) is 3.49. The van der Waals surface area contributed by atoms with E-state index in [1.54, 1.807) is 14.2 Å². The molecule has 138 valence electrons. The van der Waals surface area contributed by atoms with Gasteiger partial charge in [0.05, 0.1) is 6.61 Å². The smallest absolute Gasteiger partial charge is 0.191 e. The Morgan fingerprint density at radius 2 is 2.00 bits per heavy atom. The fourth-order valence-corrected chi connectivity index (χ4v) is 2.02. The maximum atomic E-state index is 5.72. The van der Waals surface area contributed by atoms with Crippen molar-refractivity contribution in [3.05, 3.63) is 29.8 Å². The summed E-state index contributed by atoms with van der Waals surface area (Å²) >= 11 is 0. The molecule has 1 rings (SSSR count). The fraction of sp³-hybridized carbons (Fsp3) is 0.611. The summed E-state index contributed by atoms with van der Waals surface area (Å²) in [6.45, 7) is 7.48. The predicted octanol–water partition coefficient (Wildman–Crippen LogP) is 3.43. The highest BCUT2D eigenvalue weighted by molar-refractivity contribution is 14.0. The first kappa shape index (κ1) is 23.0. The molecular weight excluding hydrogens is 417 g/mol. The molecule has 1 aromatic carbocycles. The standard InChI is InChI=1S/C18H31N3O2.HI/c1-15(2)9-10-20-18(19-3)21-14-16-7-5-8-17(13-16)23-12-6-11-22-4;/h5,7-8,13,15H,6,9-12,14H2,1-4H3,(H2,19,20,21);1H. The van der Waals surface area contributed by atoms with Crippen LogP contribution in [-0.4, -0.2) is 39.9 Å². The quantitative estimate of drug-likeness (QED) is 0.249. The van der Waals surface area contributed by atoms with E-state index < -0.39 is 0 Å². The number of guanidine groups is 1. The topological polar surface area (TPSA) is 54.9 Å². The van der Waals surface area contributed by atoms with Crippen molar-refractivity contribution in [3.63, 3.8) is 0 Å². The summed E-state index contributed by atoms with van der Waals surface area (Å²) in [5.74, 6) is 2.41. The molecule has 0 aliphatic carbocycles. The lowest BCUT2D eigenvalue weighted by Gasteiger charge is -2.13. The highest BCUT2D eigenvalue weighted by Crippen LogP contribution is 2.13. The molecule has 0 heterocycles. The second-order valence-corrected chi connectivity index (χ2v) is 5.88. The number of hydrogen-bond donors (Lipinski definition) is 2. The van der Waals surface area contributed by atoms with Gasteiger partial charge in [-0.25, -0.2) is 0 Å². The number of nitrogens with one attached hydrogen (secondary N) is 2. The molecule has 2 N–H and O–H groups in total. The van der Waals surface area contributed by atoms with Crippen LogP contribution < -0.4 is 15.4 Å². The van der Waals surface area contributed by atoms with Gasteiger partial charge in [-0.05, 0) is 30.0 Å². The lowest BCUT2D eigenvalue weighted by atomic mass is 10.1. The monoisotopic (exact) mass is 449 g/mol. The largest absolute Gasteiger partial charge is 0.493 e. The molecule has 0 saturated carbocycles. The van der Waals surface area contributed by atoms with E-state index in [1.807, 2.05) is 12.1 Å². The van der Waals surface area contributed by atoms with Crippen molar-refractivity contribution < 1.29 is 9.47 Å². The number of aliphatic imine (C=N–C) groups is 1. The maximum absolute atomic E-state index is 5.72. The van der Waals surface area contributed by atoms with E-state index in [4.69, 9.17) is 9.47 Å². The molecule has 0 spiro atoms. The average molecular weight is 449 g/mol. The second-order valence-electron chi connectivity index (χ2n) is 5.88. The molecule has 0 aliphatic rings. The maximum Gasteiger partial charge on any atom is 0.191 e. The number of benzene rings is 1. The van der Waals surface area contributed by atoms with Crippen LogP contribution in [0.1, 0.15) is 32.3 Å². The molecule has 0 unspecified atom stereocenters. The van der Waals surface area contributed by atoms with Gasteiger partial charge in [-0.2, -0.15) is 0 Å². The van der Waals surface area contributed by atoms with E-state index in [2.05, 4.69) is 41.6 Å². The molecule has 0 amide bonds. The Hall–Kier alpha value is -1.02.